The molecule has 0 fully saturated rings. The number of halogens is 1. The highest BCUT2D eigenvalue weighted by Crippen LogP contribution is 2.25. The van der Waals surface area contributed by atoms with Crippen LogP contribution in [0.25, 0.3) is 10.2 Å². The zero-order valence-corrected chi connectivity index (χ0v) is 13.1. The van der Waals surface area contributed by atoms with E-state index in [4.69, 9.17) is 11.6 Å². The van der Waals surface area contributed by atoms with E-state index in [1.54, 1.807) is 18.4 Å². The molecule has 0 aliphatic rings. The molecule has 0 spiro atoms. The quantitative estimate of drug-likeness (QED) is 0.832. The molecule has 20 heavy (non-hydrogen) atoms. The van der Waals surface area contributed by atoms with Gasteiger partial charge in [0.15, 0.2) is 0 Å². The lowest BCUT2D eigenvalue weighted by Gasteiger charge is -2.19. The van der Waals surface area contributed by atoms with Crippen molar-refractivity contribution in [2.75, 3.05) is 20.1 Å². The molecule has 2 heterocycles. The summed E-state index contributed by atoms with van der Waals surface area (Å²) in [5.41, 5.74) is 0. The Bertz CT molecular complexity index is 601. The van der Waals surface area contributed by atoms with E-state index in [-0.39, 0.29) is 5.91 Å². The molecule has 5 nitrogen and oxygen atoms in total. The Kier molecular flexibility index (Phi) is 5.28. The summed E-state index contributed by atoms with van der Waals surface area (Å²) in [4.78, 5) is 23.2. The lowest BCUT2D eigenvalue weighted by molar-refractivity contribution is -0.121. The lowest BCUT2D eigenvalue weighted by atomic mass is 10.3. The molecule has 0 saturated heterocycles. The summed E-state index contributed by atoms with van der Waals surface area (Å²) in [6.45, 7) is 3.76. The molecule has 0 radical (unpaired) electrons. The Balaban J connectivity index is 2.16. The maximum Gasteiger partial charge on any atom is 0.233 e. The largest absolute Gasteiger partial charge is 0.358 e. The number of nitrogens with zero attached hydrogens (tertiary/aromatic N) is 3. The van der Waals surface area contributed by atoms with Crippen LogP contribution < -0.4 is 5.32 Å². The molecule has 108 valence electrons. The number of nitrogens with one attached hydrogen (secondary N) is 1. The second-order valence-electron chi connectivity index (χ2n) is 4.45. The average Bonchev–Trinajstić information content (AvgIpc) is 2.87. The van der Waals surface area contributed by atoms with Gasteiger partial charge in [0, 0.05) is 12.4 Å². The van der Waals surface area contributed by atoms with Gasteiger partial charge in [-0.2, -0.15) is 0 Å². The minimum Gasteiger partial charge on any atom is -0.358 e. The summed E-state index contributed by atoms with van der Waals surface area (Å²) in [6, 6.07) is 1.92. The van der Waals surface area contributed by atoms with E-state index in [1.807, 2.05) is 16.3 Å². The molecule has 0 atom stereocenters. The minimum atomic E-state index is -0.0123. The number of fused-ring (bicyclic) bond motifs is 1. The van der Waals surface area contributed by atoms with Crippen molar-refractivity contribution < 1.29 is 4.79 Å². The van der Waals surface area contributed by atoms with Gasteiger partial charge >= 0.3 is 0 Å². The average molecular weight is 313 g/mol. The third kappa shape index (κ3) is 3.65. The number of thiophene rings is 1. The Labute approximate surface area is 127 Å². The van der Waals surface area contributed by atoms with Crippen molar-refractivity contribution in [3.8, 4) is 0 Å². The number of aromatic nitrogens is 2. The zero-order valence-electron chi connectivity index (χ0n) is 11.5. The van der Waals surface area contributed by atoms with E-state index < -0.39 is 0 Å². The first-order valence-corrected chi connectivity index (χ1v) is 7.72. The van der Waals surface area contributed by atoms with Gasteiger partial charge in [0.25, 0.3) is 0 Å². The number of hydrogen-bond acceptors (Lipinski definition) is 5. The van der Waals surface area contributed by atoms with E-state index in [0.717, 1.165) is 23.2 Å². The van der Waals surface area contributed by atoms with Gasteiger partial charge < -0.3 is 5.32 Å². The summed E-state index contributed by atoms with van der Waals surface area (Å²) in [5.74, 6) is 0.643. The van der Waals surface area contributed by atoms with Crippen molar-refractivity contribution in [3.63, 3.8) is 0 Å². The number of likely N-dealkylation sites (N-methyl/N-ethyl adjacent to an activating group) is 1. The number of carbonyl (C=O) groups excluding carboxylic acids is 1. The maximum atomic E-state index is 11.5. The molecule has 0 saturated carbocycles. The topological polar surface area (TPSA) is 58.1 Å². The molecule has 0 unspecified atom stereocenters. The molecule has 2 rings (SSSR count). The first-order valence-electron chi connectivity index (χ1n) is 6.46. The van der Waals surface area contributed by atoms with Crippen LogP contribution in [0.1, 0.15) is 19.2 Å². The third-order valence-electron chi connectivity index (χ3n) is 2.88. The van der Waals surface area contributed by atoms with Gasteiger partial charge in [-0.25, -0.2) is 9.97 Å². The normalized spacial score (nSPS) is 11.2. The van der Waals surface area contributed by atoms with Gasteiger partial charge in [-0.05, 0) is 24.4 Å². The standard InChI is InChI=1S/C13H17ClN4OS/c1-3-5-18(8-11(19)15-2)7-10-16-12(14)9-4-6-20-13(9)17-10/h4,6H,3,5,7-8H2,1-2H3,(H,15,19). The molecular formula is C13H17ClN4OS. The van der Waals surface area contributed by atoms with Gasteiger partial charge in [0.2, 0.25) is 5.91 Å². The van der Waals surface area contributed by atoms with E-state index in [1.165, 1.54) is 0 Å². The molecule has 1 N–H and O–H groups in total. The van der Waals surface area contributed by atoms with Crippen LogP contribution in [0.3, 0.4) is 0 Å². The summed E-state index contributed by atoms with van der Waals surface area (Å²) >= 11 is 7.70. The van der Waals surface area contributed by atoms with Gasteiger partial charge in [0.05, 0.1) is 13.1 Å². The highest BCUT2D eigenvalue weighted by Gasteiger charge is 2.13. The fraction of sp³-hybridized carbons (Fsp3) is 0.462. The summed E-state index contributed by atoms with van der Waals surface area (Å²) in [6.07, 6.45) is 0.964. The smallest absolute Gasteiger partial charge is 0.233 e. The van der Waals surface area contributed by atoms with Crippen LogP contribution in [0.15, 0.2) is 11.4 Å². The molecule has 2 aromatic heterocycles. The minimum absolute atomic E-state index is 0.0123. The second-order valence-corrected chi connectivity index (χ2v) is 5.71. The van der Waals surface area contributed by atoms with Gasteiger partial charge in [-0.1, -0.05) is 18.5 Å². The number of amides is 1. The van der Waals surface area contributed by atoms with Crippen LogP contribution in [0.5, 0.6) is 0 Å². The Hall–Kier alpha value is -1.24. The second kappa shape index (κ2) is 6.97. The molecule has 2 aromatic rings. The van der Waals surface area contributed by atoms with Crippen LogP contribution in [-0.2, 0) is 11.3 Å². The molecule has 1 amide bonds. The third-order valence-corrected chi connectivity index (χ3v) is 3.97. The SMILES string of the molecule is CCCN(CC(=O)NC)Cc1nc(Cl)c2ccsc2n1. The fourth-order valence-electron chi connectivity index (χ4n) is 1.94. The highest BCUT2D eigenvalue weighted by molar-refractivity contribution is 7.16. The van der Waals surface area contributed by atoms with Crippen LogP contribution in [-0.4, -0.2) is 40.9 Å². The van der Waals surface area contributed by atoms with Crippen LogP contribution in [0.4, 0.5) is 0 Å². The molecule has 0 bridgehead atoms. The van der Waals surface area contributed by atoms with Gasteiger partial charge in [0.1, 0.15) is 15.8 Å². The molecule has 0 aliphatic heterocycles. The molecule has 0 aliphatic carbocycles. The highest BCUT2D eigenvalue weighted by atomic mass is 35.5. The van der Waals surface area contributed by atoms with Gasteiger partial charge in [-0.15, -0.1) is 11.3 Å². The fourth-order valence-corrected chi connectivity index (χ4v) is 3.03. The predicted molar refractivity (Wildman–Crippen MR) is 82.1 cm³/mol. The van der Waals surface area contributed by atoms with E-state index in [2.05, 4.69) is 22.2 Å². The number of hydrogen-bond donors (Lipinski definition) is 1. The Morgan fingerprint density at radius 3 is 3.00 bits per heavy atom. The first-order chi connectivity index (χ1) is 9.63. The van der Waals surface area contributed by atoms with Crippen molar-refractivity contribution in [1.29, 1.82) is 0 Å². The molecule has 7 heteroatoms. The van der Waals surface area contributed by atoms with Crippen LogP contribution >= 0.6 is 22.9 Å². The van der Waals surface area contributed by atoms with Crippen LogP contribution in [0.2, 0.25) is 5.15 Å². The lowest BCUT2D eigenvalue weighted by Crippen LogP contribution is -2.36. The first kappa shape index (κ1) is 15.2. The van der Waals surface area contributed by atoms with Crippen LogP contribution in [0, 0.1) is 0 Å². The zero-order chi connectivity index (χ0) is 14.5. The summed E-state index contributed by atoms with van der Waals surface area (Å²) in [5, 5.41) is 5.94. The predicted octanol–water partition coefficient (Wildman–Crippen LogP) is 2.30. The van der Waals surface area contributed by atoms with Crippen molar-refractivity contribution in [3.05, 3.63) is 22.4 Å². The summed E-state index contributed by atoms with van der Waals surface area (Å²) in [7, 11) is 1.64. The van der Waals surface area contributed by atoms with Crippen molar-refractivity contribution in [2.45, 2.75) is 19.9 Å². The molecule has 0 aromatic carbocycles. The maximum absolute atomic E-state index is 11.5. The van der Waals surface area contributed by atoms with Crippen molar-refractivity contribution >= 4 is 39.1 Å². The van der Waals surface area contributed by atoms with E-state index in [9.17, 15) is 4.79 Å². The van der Waals surface area contributed by atoms with Crippen molar-refractivity contribution in [2.24, 2.45) is 0 Å². The van der Waals surface area contributed by atoms with Crippen molar-refractivity contribution in [1.82, 2.24) is 20.2 Å². The van der Waals surface area contributed by atoms with E-state index in [0.29, 0.717) is 24.1 Å². The van der Waals surface area contributed by atoms with Gasteiger partial charge in [-0.3, -0.25) is 9.69 Å². The number of rotatable bonds is 6. The summed E-state index contributed by atoms with van der Waals surface area (Å²) < 4.78 is 0. The Morgan fingerprint density at radius 2 is 2.30 bits per heavy atom. The molecular weight excluding hydrogens is 296 g/mol. The monoisotopic (exact) mass is 312 g/mol. The number of carbonyl (C=O) groups is 1. The Morgan fingerprint density at radius 1 is 1.50 bits per heavy atom. The van der Waals surface area contributed by atoms with E-state index >= 15 is 0 Å².